The van der Waals surface area contributed by atoms with Gasteiger partial charge in [0.2, 0.25) is 0 Å². The number of ether oxygens (including phenoxy) is 3. The van der Waals surface area contributed by atoms with E-state index in [0.29, 0.717) is 24.3 Å². The van der Waals surface area contributed by atoms with Crippen LogP contribution in [0.5, 0.6) is 0 Å². The number of hydrogen-bond donors (Lipinski definition) is 2. The summed E-state index contributed by atoms with van der Waals surface area (Å²) in [6, 6.07) is 0. The minimum Gasteiger partial charge on any atom is -0.481 e. The Morgan fingerprint density at radius 2 is 1.74 bits per heavy atom. The van der Waals surface area contributed by atoms with E-state index in [-0.39, 0.29) is 38.3 Å². The average molecular weight is 380 g/mol. The van der Waals surface area contributed by atoms with Gasteiger partial charge in [-0.05, 0) is 44.9 Å². The van der Waals surface area contributed by atoms with Gasteiger partial charge in [-0.1, -0.05) is 6.58 Å². The van der Waals surface area contributed by atoms with E-state index >= 15 is 0 Å². The summed E-state index contributed by atoms with van der Waals surface area (Å²) in [5.41, 5.74) is -1.12. The number of hydrogen-bond acceptors (Lipinski definition) is 6. The van der Waals surface area contributed by atoms with E-state index in [9.17, 15) is 19.8 Å². The van der Waals surface area contributed by atoms with E-state index < -0.39 is 28.6 Å². The highest BCUT2D eigenvalue weighted by Crippen LogP contribution is 2.65. The molecular formula is C20H28O7. The van der Waals surface area contributed by atoms with E-state index in [1.807, 2.05) is 0 Å². The van der Waals surface area contributed by atoms with Crippen LogP contribution in [-0.2, 0) is 23.8 Å². The van der Waals surface area contributed by atoms with Crippen LogP contribution in [0.4, 0.5) is 0 Å². The highest BCUT2D eigenvalue weighted by molar-refractivity contribution is 5.86. The molecule has 5 aliphatic rings. The SMILES string of the molecule is C=C(C)C(=O)OCC1(CO)COC2(OC1)C1CC3CC2CC(C(=O)O)(C3)C1. The summed E-state index contributed by atoms with van der Waals surface area (Å²) in [5.74, 6) is -1.39. The second kappa shape index (κ2) is 6.29. The first kappa shape index (κ1) is 18.9. The van der Waals surface area contributed by atoms with Crippen molar-refractivity contribution in [1.82, 2.24) is 0 Å². The van der Waals surface area contributed by atoms with Crippen LogP contribution in [0.25, 0.3) is 0 Å². The second-order valence-electron chi connectivity index (χ2n) is 9.24. The van der Waals surface area contributed by atoms with Crippen molar-refractivity contribution in [2.45, 2.75) is 44.8 Å². The van der Waals surface area contributed by atoms with Gasteiger partial charge in [-0.15, -0.1) is 0 Å². The smallest absolute Gasteiger partial charge is 0.333 e. The van der Waals surface area contributed by atoms with Crippen molar-refractivity contribution < 1.29 is 34.0 Å². The fourth-order valence-electron chi connectivity index (χ4n) is 5.84. The zero-order valence-corrected chi connectivity index (χ0v) is 15.7. The molecule has 4 bridgehead atoms. The zero-order valence-electron chi connectivity index (χ0n) is 15.7. The fourth-order valence-corrected chi connectivity index (χ4v) is 5.84. The Kier molecular flexibility index (Phi) is 4.40. The van der Waals surface area contributed by atoms with Crippen molar-refractivity contribution in [3.05, 3.63) is 12.2 Å². The maximum Gasteiger partial charge on any atom is 0.333 e. The van der Waals surface area contributed by atoms with Crippen molar-refractivity contribution >= 4 is 11.9 Å². The Morgan fingerprint density at radius 3 is 2.22 bits per heavy atom. The minimum atomic E-state index is -0.796. The first-order valence-corrected chi connectivity index (χ1v) is 9.69. The molecule has 5 rings (SSSR count). The molecule has 1 spiro atoms. The molecule has 2 atom stereocenters. The Bertz CT molecular complexity index is 643. The van der Waals surface area contributed by atoms with Crippen LogP contribution in [0.2, 0.25) is 0 Å². The van der Waals surface area contributed by atoms with E-state index in [1.165, 1.54) is 0 Å². The summed E-state index contributed by atoms with van der Waals surface area (Å²) in [4.78, 5) is 23.6. The number of esters is 1. The third kappa shape index (κ3) is 2.82. The summed E-state index contributed by atoms with van der Waals surface area (Å²) >= 11 is 0. The van der Waals surface area contributed by atoms with Gasteiger partial charge >= 0.3 is 11.9 Å². The Balaban J connectivity index is 1.48. The lowest BCUT2D eigenvalue weighted by molar-refractivity contribution is -0.390. The zero-order chi connectivity index (χ0) is 19.4. The molecule has 27 heavy (non-hydrogen) atoms. The van der Waals surface area contributed by atoms with E-state index in [0.717, 1.165) is 19.3 Å². The largest absolute Gasteiger partial charge is 0.481 e. The summed E-state index contributed by atoms with van der Waals surface area (Å²) < 4.78 is 17.8. The lowest BCUT2D eigenvalue weighted by Crippen LogP contribution is -2.68. The van der Waals surface area contributed by atoms with Gasteiger partial charge in [0.25, 0.3) is 0 Å². The third-order valence-corrected chi connectivity index (χ3v) is 7.18. The molecular weight excluding hydrogens is 352 g/mol. The Hall–Kier alpha value is -1.44. The predicted octanol–water partition coefficient (Wildman–Crippen LogP) is 1.74. The van der Waals surface area contributed by atoms with E-state index in [1.54, 1.807) is 6.92 Å². The summed E-state index contributed by atoms with van der Waals surface area (Å²) in [6.07, 6.45) is 3.81. The second-order valence-corrected chi connectivity index (χ2v) is 9.24. The van der Waals surface area contributed by atoms with Gasteiger partial charge in [0.05, 0.1) is 30.7 Å². The van der Waals surface area contributed by atoms with Gasteiger partial charge in [0.15, 0.2) is 5.79 Å². The Labute approximate surface area is 158 Å². The van der Waals surface area contributed by atoms with Crippen molar-refractivity contribution in [3.63, 3.8) is 0 Å². The maximum absolute atomic E-state index is 11.9. The molecule has 0 amide bonds. The molecule has 0 radical (unpaired) electrons. The van der Waals surface area contributed by atoms with Gasteiger partial charge in [0.1, 0.15) is 6.61 Å². The first-order valence-electron chi connectivity index (χ1n) is 9.69. The molecule has 7 nitrogen and oxygen atoms in total. The molecule has 4 aliphatic carbocycles. The van der Waals surface area contributed by atoms with Crippen LogP contribution >= 0.6 is 0 Å². The van der Waals surface area contributed by atoms with Gasteiger partial charge in [-0.3, -0.25) is 4.79 Å². The van der Waals surface area contributed by atoms with Crippen LogP contribution in [0.15, 0.2) is 12.2 Å². The molecule has 0 aromatic carbocycles. The number of aliphatic hydroxyl groups is 1. The quantitative estimate of drug-likeness (QED) is 0.553. The lowest BCUT2D eigenvalue weighted by Gasteiger charge is -2.64. The molecule has 1 aliphatic heterocycles. The molecule has 0 aromatic rings. The number of rotatable bonds is 5. The van der Waals surface area contributed by atoms with Crippen molar-refractivity contribution in [1.29, 1.82) is 0 Å². The number of carboxylic acids is 1. The number of carbonyl (C=O) groups excluding carboxylic acids is 1. The molecule has 2 unspecified atom stereocenters. The normalized spacial score (nSPS) is 45.0. The lowest BCUT2D eigenvalue weighted by atomic mass is 9.47. The van der Waals surface area contributed by atoms with Gasteiger partial charge in [-0.2, -0.15) is 0 Å². The minimum absolute atomic E-state index is 0.00228. The highest BCUT2D eigenvalue weighted by atomic mass is 16.7. The standard InChI is InChI=1S/C20H28O7/c1-12(2)16(22)25-9-18(8-21)10-26-20(27-11-18)14-3-13-4-15(20)7-19(5-13,6-14)17(23)24/h13-15,21H,1,3-11H2,2H3,(H,23,24). The molecule has 0 aromatic heterocycles. The topological polar surface area (TPSA) is 102 Å². The number of aliphatic carboxylic acids is 1. The van der Waals surface area contributed by atoms with Crippen LogP contribution in [0, 0.1) is 28.6 Å². The summed E-state index contributed by atoms with van der Waals surface area (Å²) in [5, 5.41) is 19.7. The first-order chi connectivity index (χ1) is 12.7. The molecule has 1 saturated heterocycles. The molecule has 1 heterocycles. The molecule has 7 heteroatoms. The number of aliphatic hydroxyl groups excluding tert-OH is 1. The molecule has 2 N–H and O–H groups in total. The predicted molar refractivity (Wildman–Crippen MR) is 93.6 cm³/mol. The van der Waals surface area contributed by atoms with Crippen LogP contribution < -0.4 is 0 Å². The van der Waals surface area contributed by atoms with Crippen LogP contribution in [0.3, 0.4) is 0 Å². The fraction of sp³-hybridized carbons (Fsp3) is 0.800. The van der Waals surface area contributed by atoms with Crippen LogP contribution in [-0.4, -0.2) is 54.4 Å². The van der Waals surface area contributed by atoms with Crippen LogP contribution in [0.1, 0.15) is 39.0 Å². The van der Waals surface area contributed by atoms with Crippen molar-refractivity contribution in [2.75, 3.05) is 26.4 Å². The average Bonchev–Trinajstić information content (AvgIpc) is 2.64. The Morgan fingerprint density at radius 1 is 1.15 bits per heavy atom. The van der Waals surface area contributed by atoms with Gasteiger partial charge in [-0.25, -0.2) is 4.79 Å². The van der Waals surface area contributed by atoms with Gasteiger partial charge in [0, 0.05) is 17.4 Å². The summed E-state index contributed by atoms with van der Waals surface area (Å²) in [6.45, 7) is 5.37. The van der Waals surface area contributed by atoms with Crippen molar-refractivity contribution in [3.8, 4) is 0 Å². The van der Waals surface area contributed by atoms with E-state index in [4.69, 9.17) is 14.2 Å². The van der Waals surface area contributed by atoms with Crippen molar-refractivity contribution in [2.24, 2.45) is 28.6 Å². The highest BCUT2D eigenvalue weighted by Gasteiger charge is 2.67. The third-order valence-electron chi connectivity index (χ3n) is 7.18. The van der Waals surface area contributed by atoms with E-state index in [2.05, 4.69) is 6.58 Å². The maximum atomic E-state index is 11.9. The van der Waals surface area contributed by atoms with Gasteiger partial charge < -0.3 is 24.4 Å². The summed E-state index contributed by atoms with van der Waals surface area (Å²) in [7, 11) is 0. The number of carboxylic acid groups (broad SMARTS) is 1. The molecule has 5 fully saturated rings. The number of carbonyl (C=O) groups is 2. The molecule has 4 saturated carbocycles. The molecule has 150 valence electrons. The monoisotopic (exact) mass is 380 g/mol.